The number of nitrogens with one attached hydrogen (secondary N) is 1. The molecule has 0 bridgehead atoms. The third-order valence-corrected chi connectivity index (χ3v) is 3.49. The lowest BCUT2D eigenvalue weighted by molar-refractivity contribution is 0.178. The Kier molecular flexibility index (Phi) is 4.02. The molecule has 1 N–H and O–H groups in total. The molecule has 0 saturated heterocycles. The highest BCUT2D eigenvalue weighted by Gasteiger charge is 2.21. The average Bonchev–Trinajstić information content (AvgIpc) is 2.66. The fourth-order valence-corrected chi connectivity index (χ4v) is 2.69. The van der Waals surface area contributed by atoms with Crippen LogP contribution in [0.2, 0.25) is 0 Å². The molecule has 0 aliphatic heterocycles. The largest absolute Gasteiger partial charge is 0.348 e. The number of aromatic nitrogens is 1. The van der Waals surface area contributed by atoms with Crippen molar-refractivity contribution in [1.82, 2.24) is 9.47 Å². The monoisotopic (exact) mass is 273 g/mol. The van der Waals surface area contributed by atoms with Crippen LogP contribution in [0.5, 0.6) is 0 Å². The van der Waals surface area contributed by atoms with E-state index < -0.39 is 0 Å². The molecule has 1 aromatic carbocycles. The zero-order valence-electron chi connectivity index (χ0n) is 12.8. The fourth-order valence-electron chi connectivity index (χ4n) is 2.69. The summed E-state index contributed by atoms with van der Waals surface area (Å²) in [7, 11) is 1.99. The second kappa shape index (κ2) is 5.57. The molecule has 0 atom stereocenters. The topological polar surface area (TPSA) is 37.3 Å². The zero-order chi connectivity index (χ0) is 14.9. The van der Waals surface area contributed by atoms with Crippen LogP contribution in [-0.2, 0) is 7.05 Å². The molecule has 0 aliphatic rings. The van der Waals surface area contributed by atoms with E-state index in [9.17, 15) is 4.79 Å². The number of carbonyl (C=O) groups excluding carboxylic acids is 1. The number of urea groups is 1. The van der Waals surface area contributed by atoms with E-state index in [-0.39, 0.29) is 18.1 Å². The van der Waals surface area contributed by atoms with Crippen LogP contribution in [0.3, 0.4) is 0 Å². The van der Waals surface area contributed by atoms with Crippen LogP contribution in [0.4, 0.5) is 10.5 Å². The first-order chi connectivity index (χ1) is 9.41. The summed E-state index contributed by atoms with van der Waals surface area (Å²) in [5.74, 6) is 0. The van der Waals surface area contributed by atoms with Gasteiger partial charge in [-0.1, -0.05) is 18.2 Å². The van der Waals surface area contributed by atoms with E-state index in [1.54, 1.807) is 0 Å². The number of fused-ring (bicyclic) bond motifs is 1. The molecule has 1 aromatic heterocycles. The molecular weight excluding hydrogens is 250 g/mol. The molecule has 0 spiro atoms. The Labute approximate surface area is 120 Å². The number of carbonyl (C=O) groups is 1. The van der Waals surface area contributed by atoms with Crippen molar-refractivity contribution in [2.45, 2.75) is 39.8 Å². The lowest BCUT2D eigenvalue weighted by Crippen LogP contribution is -2.44. The molecule has 4 heteroatoms. The predicted molar refractivity (Wildman–Crippen MR) is 84.0 cm³/mol. The summed E-state index contributed by atoms with van der Waals surface area (Å²) in [6.45, 7) is 8.12. The van der Waals surface area contributed by atoms with Gasteiger partial charge in [0.1, 0.15) is 0 Å². The number of benzene rings is 1. The van der Waals surface area contributed by atoms with Gasteiger partial charge in [0.15, 0.2) is 0 Å². The molecule has 0 aliphatic carbocycles. The molecule has 2 amide bonds. The van der Waals surface area contributed by atoms with Gasteiger partial charge < -0.3 is 14.8 Å². The maximum Gasteiger partial charge on any atom is 0.322 e. The van der Waals surface area contributed by atoms with Gasteiger partial charge in [-0.3, -0.25) is 0 Å². The third kappa shape index (κ3) is 2.64. The highest BCUT2D eigenvalue weighted by Crippen LogP contribution is 2.25. The van der Waals surface area contributed by atoms with E-state index in [2.05, 4.69) is 5.32 Å². The second-order valence-electron chi connectivity index (χ2n) is 5.70. The Bertz CT molecular complexity index is 605. The van der Waals surface area contributed by atoms with Crippen molar-refractivity contribution in [1.29, 1.82) is 0 Å². The summed E-state index contributed by atoms with van der Waals surface area (Å²) in [5, 5.41) is 4.10. The first-order valence-corrected chi connectivity index (χ1v) is 7.05. The van der Waals surface area contributed by atoms with E-state index in [0.717, 1.165) is 16.6 Å². The fraction of sp³-hybridized carbons (Fsp3) is 0.438. The molecule has 2 aromatic rings. The van der Waals surface area contributed by atoms with E-state index in [1.165, 1.54) is 0 Å². The minimum atomic E-state index is -0.0497. The van der Waals surface area contributed by atoms with E-state index in [4.69, 9.17) is 0 Å². The molecule has 0 saturated carbocycles. The molecule has 2 rings (SSSR count). The van der Waals surface area contributed by atoms with Crippen LogP contribution in [0, 0.1) is 0 Å². The predicted octanol–water partition coefficient (Wildman–Crippen LogP) is 3.83. The number of rotatable bonds is 3. The van der Waals surface area contributed by atoms with Crippen molar-refractivity contribution in [3.63, 3.8) is 0 Å². The van der Waals surface area contributed by atoms with Crippen LogP contribution in [0.15, 0.2) is 30.5 Å². The maximum absolute atomic E-state index is 12.5. The van der Waals surface area contributed by atoms with Crippen LogP contribution < -0.4 is 5.32 Å². The number of amides is 2. The highest BCUT2D eigenvalue weighted by molar-refractivity contribution is 6.01. The summed E-state index contributed by atoms with van der Waals surface area (Å²) < 4.78 is 2.03. The van der Waals surface area contributed by atoms with Crippen LogP contribution in [0.1, 0.15) is 27.7 Å². The molecule has 4 nitrogen and oxygen atoms in total. The van der Waals surface area contributed by atoms with Crippen molar-refractivity contribution in [3.8, 4) is 0 Å². The Balaban J connectivity index is 2.30. The third-order valence-electron chi connectivity index (χ3n) is 3.49. The Morgan fingerprint density at radius 2 is 1.75 bits per heavy atom. The Hall–Kier alpha value is -1.97. The van der Waals surface area contributed by atoms with Gasteiger partial charge in [0.05, 0.1) is 5.69 Å². The SMILES string of the molecule is CC(C)N(C(=O)Nc1cn(C)c2ccccc12)C(C)C. The first-order valence-electron chi connectivity index (χ1n) is 7.05. The molecule has 108 valence electrons. The number of hydrogen-bond acceptors (Lipinski definition) is 1. The number of aryl methyl sites for hydroxylation is 1. The molecule has 20 heavy (non-hydrogen) atoms. The minimum absolute atomic E-state index is 0.0497. The summed E-state index contributed by atoms with van der Waals surface area (Å²) in [4.78, 5) is 14.3. The van der Waals surface area contributed by atoms with E-state index >= 15 is 0 Å². The lowest BCUT2D eigenvalue weighted by Gasteiger charge is -2.30. The Morgan fingerprint density at radius 3 is 2.35 bits per heavy atom. The van der Waals surface area contributed by atoms with Crippen LogP contribution in [-0.4, -0.2) is 27.6 Å². The molecule has 1 heterocycles. The van der Waals surface area contributed by atoms with Crippen molar-refractivity contribution < 1.29 is 4.79 Å². The molecule has 0 radical (unpaired) electrons. The van der Waals surface area contributed by atoms with Gasteiger partial charge in [-0.05, 0) is 33.8 Å². The van der Waals surface area contributed by atoms with Gasteiger partial charge in [-0.2, -0.15) is 0 Å². The quantitative estimate of drug-likeness (QED) is 0.906. The van der Waals surface area contributed by atoms with Crippen LogP contribution >= 0.6 is 0 Å². The smallest absolute Gasteiger partial charge is 0.322 e. The minimum Gasteiger partial charge on any atom is -0.348 e. The van der Waals surface area contributed by atoms with Gasteiger partial charge in [0.25, 0.3) is 0 Å². The highest BCUT2D eigenvalue weighted by atomic mass is 16.2. The summed E-state index contributed by atoms with van der Waals surface area (Å²) in [5.41, 5.74) is 1.97. The maximum atomic E-state index is 12.5. The second-order valence-corrected chi connectivity index (χ2v) is 5.70. The van der Waals surface area contributed by atoms with Crippen molar-refractivity contribution in [2.24, 2.45) is 7.05 Å². The van der Waals surface area contributed by atoms with E-state index in [1.807, 2.05) is 74.7 Å². The Morgan fingerprint density at radius 1 is 1.15 bits per heavy atom. The van der Waals surface area contributed by atoms with Crippen molar-refractivity contribution in [3.05, 3.63) is 30.5 Å². The lowest BCUT2D eigenvalue weighted by atomic mass is 10.2. The summed E-state index contributed by atoms with van der Waals surface area (Å²) >= 11 is 0. The molecule has 0 unspecified atom stereocenters. The van der Waals surface area contributed by atoms with Crippen molar-refractivity contribution >= 4 is 22.6 Å². The standard InChI is InChI=1S/C16H23N3O/c1-11(2)19(12(3)4)16(20)17-14-10-18(5)15-9-7-6-8-13(14)15/h6-12H,1-5H3,(H,17,20). The van der Waals surface area contributed by atoms with E-state index in [0.29, 0.717) is 0 Å². The number of para-hydroxylation sites is 1. The summed E-state index contributed by atoms with van der Waals surface area (Å²) in [6.07, 6.45) is 1.96. The van der Waals surface area contributed by atoms with Gasteiger partial charge in [0.2, 0.25) is 0 Å². The van der Waals surface area contributed by atoms with Gasteiger partial charge in [0, 0.05) is 36.2 Å². The number of anilines is 1. The first kappa shape index (κ1) is 14.4. The normalized spacial score (nSPS) is 11.3. The number of hydrogen-bond donors (Lipinski definition) is 1. The average molecular weight is 273 g/mol. The molecule has 0 fully saturated rings. The van der Waals surface area contributed by atoms with Gasteiger partial charge in [-0.25, -0.2) is 4.79 Å². The van der Waals surface area contributed by atoms with Gasteiger partial charge >= 0.3 is 6.03 Å². The zero-order valence-corrected chi connectivity index (χ0v) is 12.8. The van der Waals surface area contributed by atoms with Crippen molar-refractivity contribution in [2.75, 3.05) is 5.32 Å². The van der Waals surface area contributed by atoms with Gasteiger partial charge in [-0.15, -0.1) is 0 Å². The summed E-state index contributed by atoms with van der Waals surface area (Å²) in [6, 6.07) is 8.36. The molecular formula is C16H23N3O. The number of nitrogens with zero attached hydrogens (tertiary/aromatic N) is 2. The van der Waals surface area contributed by atoms with Crippen LogP contribution in [0.25, 0.3) is 10.9 Å².